The SMILES string of the molecule is CCOP(=O)(OCC)c1cccc(-c2cc(C(=O)OC)cc3c2ncn3C/C(F)=C/CN)c1.Cl. The van der Waals surface area contributed by atoms with Crippen molar-refractivity contribution in [2.75, 3.05) is 26.9 Å². The minimum Gasteiger partial charge on any atom is -0.465 e. The van der Waals surface area contributed by atoms with E-state index in [9.17, 15) is 13.8 Å². The summed E-state index contributed by atoms with van der Waals surface area (Å²) in [5.74, 6) is -0.965. The van der Waals surface area contributed by atoms with Crippen molar-refractivity contribution >= 4 is 42.3 Å². The highest BCUT2D eigenvalue weighted by molar-refractivity contribution is 7.62. The average molecular weight is 512 g/mol. The number of halogens is 2. The van der Waals surface area contributed by atoms with Crippen LogP contribution in [0.2, 0.25) is 0 Å². The van der Waals surface area contributed by atoms with Crippen LogP contribution in [0.4, 0.5) is 4.39 Å². The van der Waals surface area contributed by atoms with Gasteiger partial charge in [-0.2, -0.15) is 0 Å². The number of nitrogens with zero attached hydrogens (tertiary/aromatic N) is 2. The topological polar surface area (TPSA) is 106 Å². The minimum atomic E-state index is -3.52. The molecule has 1 aromatic heterocycles. The summed E-state index contributed by atoms with van der Waals surface area (Å²) in [5.41, 5.74) is 7.99. The van der Waals surface area contributed by atoms with E-state index < -0.39 is 19.4 Å². The first-order chi connectivity index (χ1) is 15.9. The molecule has 0 saturated heterocycles. The Morgan fingerprint density at radius 2 is 1.91 bits per heavy atom. The van der Waals surface area contributed by atoms with E-state index in [1.807, 2.05) is 0 Å². The second-order valence-electron chi connectivity index (χ2n) is 7.03. The van der Waals surface area contributed by atoms with Crippen LogP contribution in [-0.2, 0) is 24.9 Å². The van der Waals surface area contributed by atoms with E-state index in [1.165, 1.54) is 19.5 Å². The molecule has 0 spiro atoms. The molecule has 0 saturated carbocycles. The van der Waals surface area contributed by atoms with Gasteiger partial charge in [0.15, 0.2) is 0 Å². The van der Waals surface area contributed by atoms with Gasteiger partial charge in [0.25, 0.3) is 0 Å². The molecule has 0 fully saturated rings. The Morgan fingerprint density at radius 3 is 2.53 bits per heavy atom. The second-order valence-corrected chi connectivity index (χ2v) is 9.05. The molecular weight excluding hydrogens is 484 g/mol. The molecule has 184 valence electrons. The predicted octanol–water partition coefficient (Wildman–Crippen LogP) is 4.62. The number of hydrogen-bond donors (Lipinski definition) is 1. The maximum atomic E-state index is 14.2. The second kappa shape index (κ2) is 12.2. The molecule has 2 N–H and O–H groups in total. The van der Waals surface area contributed by atoms with E-state index in [-0.39, 0.29) is 44.3 Å². The predicted molar refractivity (Wildman–Crippen MR) is 132 cm³/mol. The van der Waals surface area contributed by atoms with Crippen LogP contribution >= 0.6 is 20.0 Å². The summed E-state index contributed by atoms with van der Waals surface area (Å²) in [6.45, 7) is 3.91. The largest absolute Gasteiger partial charge is 0.465 e. The molecule has 0 aliphatic heterocycles. The third kappa shape index (κ3) is 5.92. The van der Waals surface area contributed by atoms with Crippen LogP contribution in [0.1, 0.15) is 24.2 Å². The minimum absolute atomic E-state index is 0. The molecule has 0 aliphatic carbocycles. The van der Waals surface area contributed by atoms with E-state index in [0.717, 1.165) is 0 Å². The molecule has 3 aromatic rings. The quantitative estimate of drug-likeness (QED) is 0.313. The van der Waals surface area contributed by atoms with Gasteiger partial charge in [-0.05, 0) is 49.8 Å². The summed E-state index contributed by atoms with van der Waals surface area (Å²) in [6, 6.07) is 10.1. The molecule has 0 amide bonds. The number of allylic oxidation sites excluding steroid dienone is 1. The highest BCUT2D eigenvalue weighted by Crippen LogP contribution is 2.47. The van der Waals surface area contributed by atoms with Crippen LogP contribution in [0.25, 0.3) is 22.2 Å². The first-order valence-corrected chi connectivity index (χ1v) is 12.0. The Morgan fingerprint density at radius 1 is 1.21 bits per heavy atom. The number of imidazole rings is 1. The molecular formula is C23H28ClFN3O5P. The number of carbonyl (C=O) groups excluding carboxylic acids is 1. The standard InChI is InChI=1S/C23H27FN3O5P.ClH/c1-4-31-33(29,32-5-2)19-8-6-7-16(11-19)20-12-17(23(28)30-3)13-21-22(20)26-15-27(21)14-18(24)9-10-25;/h6-9,11-13,15H,4-5,10,14,25H2,1-3H3;1H/b18-9-;. The third-order valence-electron chi connectivity index (χ3n) is 4.88. The average Bonchev–Trinajstić information content (AvgIpc) is 3.21. The van der Waals surface area contributed by atoms with Gasteiger partial charge < -0.3 is 24.1 Å². The lowest BCUT2D eigenvalue weighted by molar-refractivity contribution is 0.0601. The lowest BCUT2D eigenvalue weighted by Gasteiger charge is -2.18. The number of aromatic nitrogens is 2. The highest BCUT2D eigenvalue weighted by atomic mass is 35.5. The van der Waals surface area contributed by atoms with Gasteiger partial charge >= 0.3 is 13.6 Å². The van der Waals surface area contributed by atoms with Crippen LogP contribution in [-0.4, -0.2) is 42.4 Å². The van der Waals surface area contributed by atoms with Crippen LogP contribution in [0.15, 0.2) is 54.6 Å². The van der Waals surface area contributed by atoms with Crippen molar-refractivity contribution < 1.29 is 27.5 Å². The Bertz CT molecular complexity index is 1220. The first kappa shape index (κ1) is 27.7. The molecule has 0 atom stereocenters. The van der Waals surface area contributed by atoms with Crippen molar-refractivity contribution in [3.63, 3.8) is 0 Å². The molecule has 3 rings (SSSR count). The Kier molecular flexibility index (Phi) is 9.97. The van der Waals surface area contributed by atoms with Gasteiger partial charge in [-0.1, -0.05) is 12.1 Å². The third-order valence-corrected chi connectivity index (χ3v) is 6.99. The normalized spacial score (nSPS) is 12.0. The zero-order valence-corrected chi connectivity index (χ0v) is 20.9. The number of hydrogen-bond acceptors (Lipinski definition) is 7. The van der Waals surface area contributed by atoms with E-state index >= 15 is 0 Å². The van der Waals surface area contributed by atoms with E-state index in [0.29, 0.717) is 27.5 Å². The smallest absolute Gasteiger partial charge is 0.361 e. The maximum Gasteiger partial charge on any atom is 0.361 e. The number of methoxy groups -OCH3 is 1. The van der Waals surface area contributed by atoms with Crippen LogP contribution in [0, 0.1) is 0 Å². The van der Waals surface area contributed by atoms with Crippen molar-refractivity contribution in [3.8, 4) is 11.1 Å². The van der Waals surface area contributed by atoms with Crippen LogP contribution in [0.3, 0.4) is 0 Å². The molecule has 11 heteroatoms. The maximum absolute atomic E-state index is 14.2. The Labute approximate surface area is 203 Å². The molecule has 2 aromatic carbocycles. The molecule has 34 heavy (non-hydrogen) atoms. The molecule has 0 bridgehead atoms. The Hall–Kier alpha value is -2.55. The summed E-state index contributed by atoms with van der Waals surface area (Å²) in [7, 11) is -2.24. The zero-order chi connectivity index (χ0) is 24.0. The van der Waals surface area contributed by atoms with Gasteiger partial charge in [0.2, 0.25) is 0 Å². The van der Waals surface area contributed by atoms with Gasteiger partial charge in [-0.25, -0.2) is 14.2 Å². The number of rotatable bonds is 10. The van der Waals surface area contributed by atoms with Gasteiger partial charge in [-0.15, -0.1) is 12.4 Å². The summed E-state index contributed by atoms with van der Waals surface area (Å²) in [4.78, 5) is 16.8. The Balaban J connectivity index is 0.00000408. The summed E-state index contributed by atoms with van der Waals surface area (Å²) in [6.07, 6.45) is 2.77. The monoisotopic (exact) mass is 511 g/mol. The summed E-state index contributed by atoms with van der Waals surface area (Å²) >= 11 is 0. The highest BCUT2D eigenvalue weighted by Gasteiger charge is 2.27. The van der Waals surface area contributed by atoms with Crippen LogP contribution < -0.4 is 11.0 Å². The van der Waals surface area contributed by atoms with E-state index in [2.05, 4.69) is 4.98 Å². The fraction of sp³-hybridized carbons (Fsp3) is 0.304. The van der Waals surface area contributed by atoms with E-state index in [1.54, 1.807) is 54.8 Å². The van der Waals surface area contributed by atoms with Crippen molar-refractivity contribution in [1.82, 2.24) is 9.55 Å². The van der Waals surface area contributed by atoms with Gasteiger partial charge in [0, 0.05) is 12.1 Å². The fourth-order valence-corrected chi connectivity index (χ4v) is 5.09. The van der Waals surface area contributed by atoms with Crippen LogP contribution in [0.5, 0.6) is 0 Å². The van der Waals surface area contributed by atoms with Crippen molar-refractivity contribution in [2.45, 2.75) is 20.4 Å². The molecule has 0 radical (unpaired) electrons. The lowest BCUT2D eigenvalue weighted by Crippen LogP contribution is -2.11. The molecule has 8 nitrogen and oxygen atoms in total. The first-order valence-electron chi connectivity index (χ1n) is 10.5. The number of carbonyl (C=O) groups is 1. The number of ether oxygens (including phenoxy) is 1. The summed E-state index contributed by atoms with van der Waals surface area (Å²) < 4.78 is 44.8. The van der Waals surface area contributed by atoms with Gasteiger partial charge in [0.1, 0.15) is 5.83 Å². The number of esters is 1. The molecule has 1 heterocycles. The zero-order valence-electron chi connectivity index (χ0n) is 19.2. The van der Waals surface area contributed by atoms with Crippen molar-refractivity contribution in [1.29, 1.82) is 0 Å². The van der Waals surface area contributed by atoms with Gasteiger partial charge in [0.05, 0.1) is 55.1 Å². The molecule has 0 unspecified atom stereocenters. The number of nitrogens with two attached hydrogens (primary N) is 1. The fourth-order valence-electron chi connectivity index (χ4n) is 3.47. The van der Waals surface area contributed by atoms with E-state index in [4.69, 9.17) is 19.5 Å². The number of fused-ring (bicyclic) bond motifs is 1. The lowest BCUT2D eigenvalue weighted by atomic mass is 10.0. The van der Waals surface area contributed by atoms with Crippen molar-refractivity contribution in [2.24, 2.45) is 5.73 Å². The molecule has 0 aliphatic rings. The van der Waals surface area contributed by atoms with Gasteiger partial charge in [-0.3, -0.25) is 4.57 Å². The number of benzene rings is 2. The summed E-state index contributed by atoms with van der Waals surface area (Å²) in [5, 5.41) is 0.386. The van der Waals surface area contributed by atoms with Crippen molar-refractivity contribution in [3.05, 3.63) is 60.2 Å².